The first-order valence-corrected chi connectivity index (χ1v) is 27.3. The molecule has 82 heavy (non-hydrogen) atoms. The summed E-state index contributed by atoms with van der Waals surface area (Å²) in [7, 11) is 4.16. The topological polar surface area (TPSA) is 256 Å². The number of methoxy groups -OCH3 is 3. The zero-order valence-corrected chi connectivity index (χ0v) is 50.2. The number of fused-ring (bicyclic) bond motifs is 7. The van der Waals surface area contributed by atoms with Crippen molar-refractivity contribution in [3.63, 3.8) is 0 Å². The lowest BCUT2D eigenvalue weighted by atomic mass is 9.97. The van der Waals surface area contributed by atoms with Crippen LogP contribution in [0.15, 0.2) is 63.9 Å². The normalized spacial score (nSPS) is 14.2. The maximum atomic E-state index is 14.7. The first-order valence-electron chi connectivity index (χ1n) is 27.3. The van der Waals surface area contributed by atoms with Gasteiger partial charge in [0.2, 0.25) is 0 Å². The number of alkyl carbamates (subject to hydrolysis) is 3. The highest BCUT2D eigenvalue weighted by Crippen LogP contribution is 2.47. The van der Waals surface area contributed by atoms with Gasteiger partial charge in [0, 0.05) is 34.0 Å². The van der Waals surface area contributed by atoms with Crippen LogP contribution in [0.2, 0.25) is 0 Å². The fourth-order valence-corrected chi connectivity index (χ4v) is 9.00. The smallest absolute Gasteiger partial charge is 0.408 e. The van der Waals surface area contributed by atoms with Crippen LogP contribution in [-0.4, -0.2) is 96.8 Å². The standard InChI is InChI=1S/C61H78N4O17/c1-19-31(4)47(62-56(70)80-59(7,8)9)52(66)76-38-23-22-35(27-40(38)73-16)45-46-37-29-42(75-18)44(79-54(68)49(33(6)21-3)64-58(72)82-61(13,14)15)30-39(37)77-55(69)51(46)65-25-24-34-26-43(41(74-17)28-36(34)50(45)65)78-53(67)48(32(5)20-2)63-57(71)81-60(10,11)12/h22-33,47-49H,19-21H2,1-18H3,(H,62,70)(H,63,71)(H,64,72)/t31-,32-,33-,47-,48-,49-/m0/s1. The van der Waals surface area contributed by atoms with Gasteiger partial charge in [-0.3, -0.25) is 0 Å². The molecule has 444 valence electrons. The quantitative estimate of drug-likeness (QED) is 0.0295. The van der Waals surface area contributed by atoms with Crippen molar-refractivity contribution in [2.24, 2.45) is 17.8 Å². The first kappa shape index (κ1) is 63.0. The molecule has 3 aromatic heterocycles. The number of rotatable bonds is 19. The molecule has 6 atom stereocenters. The summed E-state index contributed by atoms with van der Waals surface area (Å²) in [5, 5.41) is 9.64. The van der Waals surface area contributed by atoms with E-state index in [4.69, 9.17) is 47.0 Å². The Labute approximate surface area is 476 Å². The van der Waals surface area contributed by atoms with Gasteiger partial charge in [-0.25, -0.2) is 33.6 Å². The third-order valence-corrected chi connectivity index (χ3v) is 13.6. The van der Waals surface area contributed by atoms with Gasteiger partial charge in [-0.05, 0) is 127 Å². The van der Waals surface area contributed by atoms with Gasteiger partial charge >= 0.3 is 41.8 Å². The van der Waals surface area contributed by atoms with Gasteiger partial charge in [0.1, 0.15) is 46.0 Å². The van der Waals surface area contributed by atoms with Crippen molar-refractivity contribution in [2.75, 3.05) is 21.3 Å². The summed E-state index contributed by atoms with van der Waals surface area (Å²) < 4.78 is 59.8. The number of benzene rings is 3. The molecule has 3 amide bonds. The van der Waals surface area contributed by atoms with Crippen LogP contribution in [0.5, 0.6) is 34.5 Å². The zero-order chi connectivity index (χ0) is 60.9. The van der Waals surface area contributed by atoms with Crippen LogP contribution in [-0.2, 0) is 28.6 Å². The number of nitrogens with zero attached hydrogens (tertiary/aromatic N) is 1. The highest BCUT2D eigenvalue weighted by Gasteiger charge is 2.35. The minimum Gasteiger partial charge on any atom is -0.493 e. The van der Waals surface area contributed by atoms with Crippen LogP contribution >= 0.6 is 0 Å². The Morgan fingerprint density at radius 2 is 0.915 bits per heavy atom. The van der Waals surface area contributed by atoms with Crippen LogP contribution in [0.4, 0.5) is 14.4 Å². The predicted octanol–water partition coefficient (Wildman–Crippen LogP) is 11.6. The number of pyridine rings is 1. The average Bonchev–Trinajstić information content (AvgIpc) is 1.65. The summed E-state index contributed by atoms with van der Waals surface area (Å²) in [5.41, 5.74) is -1.98. The van der Waals surface area contributed by atoms with E-state index in [-0.39, 0.29) is 57.4 Å². The molecule has 3 aromatic carbocycles. The molecular weight excluding hydrogens is 1060 g/mol. The molecule has 0 aliphatic rings. The van der Waals surface area contributed by atoms with Crippen LogP contribution < -0.4 is 50.0 Å². The maximum absolute atomic E-state index is 14.7. The number of hydrogen-bond acceptors (Lipinski definition) is 17. The van der Waals surface area contributed by atoms with E-state index in [1.165, 1.54) is 33.5 Å². The third-order valence-electron chi connectivity index (χ3n) is 13.6. The van der Waals surface area contributed by atoms with E-state index < -0.39 is 82.7 Å². The number of nitrogens with one attached hydrogen (secondary N) is 3. The van der Waals surface area contributed by atoms with Gasteiger partial charge in [-0.1, -0.05) is 66.9 Å². The Balaban J connectivity index is 1.59. The van der Waals surface area contributed by atoms with E-state index in [9.17, 15) is 33.6 Å². The van der Waals surface area contributed by atoms with E-state index in [2.05, 4.69) is 16.0 Å². The highest BCUT2D eigenvalue weighted by molar-refractivity contribution is 6.22. The second-order valence-electron chi connectivity index (χ2n) is 23.3. The summed E-state index contributed by atoms with van der Waals surface area (Å²) >= 11 is 0. The fourth-order valence-electron chi connectivity index (χ4n) is 9.00. The number of carbonyl (C=O) groups is 6. The van der Waals surface area contributed by atoms with Crippen LogP contribution in [0.3, 0.4) is 0 Å². The molecule has 0 radical (unpaired) electrons. The second kappa shape index (κ2) is 25.3. The van der Waals surface area contributed by atoms with Gasteiger partial charge < -0.3 is 67.4 Å². The Bertz CT molecular complexity index is 3450. The molecule has 3 N–H and O–H groups in total. The molecule has 0 saturated carbocycles. The number of esters is 3. The third kappa shape index (κ3) is 14.6. The van der Waals surface area contributed by atoms with Gasteiger partial charge in [0.25, 0.3) is 0 Å². The molecule has 0 unspecified atom stereocenters. The van der Waals surface area contributed by atoms with Crippen LogP contribution in [0.25, 0.3) is 49.3 Å². The zero-order valence-electron chi connectivity index (χ0n) is 50.2. The number of hydrogen-bond donors (Lipinski definition) is 3. The van der Waals surface area contributed by atoms with E-state index in [1.807, 2.05) is 20.8 Å². The molecule has 0 bridgehead atoms. The van der Waals surface area contributed by atoms with Crippen molar-refractivity contribution >= 4 is 74.3 Å². The van der Waals surface area contributed by atoms with Crippen LogP contribution in [0.1, 0.15) is 123 Å². The lowest BCUT2D eigenvalue weighted by Gasteiger charge is -2.26. The molecule has 0 aliphatic heterocycles. The second-order valence-corrected chi connectivity index (χ2v) is 23.3. The summed E-state index contributed by atoms with van der Waals surface area (Å²) in [6.45, 7) is 26.3. The lowest BCUT2D eigenvalue weighted by molar-refractivity contribution is -0.139. The van der Waals surface area contributed by atoms with Gasteiger partial charge in [-0.15, -0.1) is 0 Å². The Hall–Kier alpha value is -8.23. The molecule has 0 saturated heterocycles. The van der Waals surface area contributed by atoms with Crippen molar-refractivity contribution < 1.29 is 75.8 Å². The molecule has 0 spiro atoms. The SMILES string of the molecule is CC[C@H](C)[C@H](NC(=O)OC(C)(C)C)C(=O)Oc1ccc(-c2c3c4cc(OC)c(OC(=O)[C@@H](NC(=O)OC(C)(C)C)[C@@H](C)CC)cc4oc(=O)c3n3ccc4cc(OC(=O)[C@@H](NC(=O)OC(C)(C)C)[C@@H](C)CC)c(OC)cc4c23)cc1OC. The summed E-state index contributed by atoms with van der Waals surface area (Å²) in [5.74, 6) is -3.34. The van der Waals surface area contributed by atoms with E-state index in [0.29, 0.717) is 57.5 Å². The molecule has 6 rings (SSSR count). The maximum Gasteiger partial charge on any atom is 0.408 e. The van der Waals surface area contributed by atoms with Gasteiger partial charge in [0.05, 0.1) is 26.8 Å². The number of amides is 3. The van der Waals surface area contributed by atoms with Crippen molar-refractivity contribution in [2.45, 2.75) is 158 Å². The van der Waals surface area contributed by atoms with Gasteiger partial charge in [-0.2, -0.15) is 0 Å². The molecule has 21 nitrogen and oxygen atoms in total. The Kier molecular flexibility index (Phi) is 19.4. The molecule has 21 heteroatoms. The number of aromatic nitrogens is 1. The summed E-state index contributed by atoms with van der Waals surface area (Å²) in [4.78, 5) is 95.7. The highest BCUT2D eigenvalue weighted by atomic mass is 16.6. The lowest BCUT2D eigenvalue weighted by Crippen LogP contribution is -2.48. The fraction of sp³-hybridized carbons (Fsp3) is 0.492. The van der Waals surface area contributed by atoms with Crippen molar-refractivity contribution in [1.29, 1.82) is 0 Å². The Morgan fingerprint density at radius 1 is 0.512 bits per heavy atom. The van der Waals surface area contributed by atoms with Gasteiger partial charge in [0.15, 0.2) is 34.5 Å². The number of carbonyl (C=O) groups excluding carboxylic acids is 6. The minimum absolute atomic E-state index is 0.00699. The van der Waals surface area contributed by atoms with E-state index in [1.54, 1.807) is 130 Å². The predicted molar refractivity (Wildman–Crippen MR) is 308 cm³/mol. The van der Waals surface area contributed by atoms with Crippen molar-refractivity contribution in [3.8, 4) is 45.6 Å². The summed E-state index contributed by atoms with van der Waals surface area (Å²) in [6, 6.07) is 9.33. The monoisotopic (exact) mass is 1140 g/mol. The van der Waals surface area contributed by atoms with Crippen molar-refractivity contribution in [3.05, 3.63) is 65.1 Å². The Morgan fingerprint density at radius 3 is 1.33 bits per heavy atom. The molecule has 0 aliphatic carbocycles. The average molecular weight is 1140 g/mol. The van der Waals surface area contributed by atoms with E-state index in [0.717, 1.165) is 0 Å². The molecule has 0 fully saturated rings. The van der Waals surface area contributed by atoms with Crippen molar-refractivity contribution in [1.82, 2.24) is 20.4 Å². The molecular formula is C61H78N4O17. The largest absolute Gasteiger partial charge is 0.493 e. The molecule has 3 heterocycles. The van der Waals surface area contributed by atoms with Crippen LogP contribution in [0, 0.1) is 17.8 Å². The molecule has 6 aromatic rings. The van der Waals surface area contributed by atoms with E-state index >= 15 is 0 Å². The number of ether oxygens (including phenoxy) is 9. The minimum atomic E-state index is -1.15. The summed E-state index contributed by atoms with van der Waals surface area (Å²) in [6.07, 6.45) is 0.744. The first-order chi connectivity index (χ1) is 38.3.